The van der Waals surface area contributed by atoms with Gasteiger partial charge in [-0.2, -0.15) is 0 Å². The number of aryl methyl sites for hydroxylation is 1. The Morgan fingerprint density at radius 1 is 1.48 bits per heavy atom. The third-order valence-corrected chi connectivity index (χ3v) is 4.35. The van der Waals surface area contributed by atoms with Gasteiger partial charge in [-0.25, -0.2) is 0 Å². The van der Waals surface area contributed by atoms with E-state index in [9.17, 15) is 0 Å². The maximum Gasteiger partial charge on any atom is 0.120 e. The lowest BCUT2D eigenvalue weighted by molar-refractivity contribution is -0.0539. The van der Waals surface area contributed by atoms with Crippen molar-refractivity contribution in [3.63, 3.8) is 0 Å². The summed E-state index contributed by atoms with van der Waals surface area (Å²) in [5.74, 6) is 2.12. The molecule has 4 heteroatoms. The Hall–Kier alpha value is -0.840. The number of piperidine rings is 1. The van der Waals surface area contributed by atoms with E-state index in [1.807, 2.05) is 7.11 Å². The van der Waals surface area contributed by atoms with Gasteiger partial charge >= 0.3 is 0 Å². The fraction of sp³-hybridized carbons (Fsp3) is 0.765. The Morgan fingerprint density at radius 2 is 2.24 bits per heavy atom. The van der Waals surface area contributed by atoms with Crippen LogP contribution >= 0.6 is 0 Å². The molecule has 1 N–H and O–H groups in total. The van der Waals surface area contributed by atoms with Crippen LogP contribution in [0.15, 0.2) is 10.5 Å². The highest BCUT2D eigenvalue weighted by atomic mass is 16.5. The molecule has 1 aromatic rings. The van der Waals surface area contributed by atoms with Crippen LogP contribution in [0.1, 0.15) is 50.7 Å². The topological polar surface area (TPSA) is 37.6 Å². The number of hydrogen-bond acceptors (Lipinski definition) is 4. The van der Waals surface area contributed by atoms with Gasteiger partial charge in [0.1, 0.15) is 11.5 Å². The van der Waals surface area contributed by atoms with E-state index in [0.29, 0.717) is 6.04 Å². The summed E-state index contributed by atoms with van der Waals surface area (Å²) >= 11 is 0. The van der Waals surface area contributed by atoms with E-state index in [0.717, 1.165) is 44.1 Å². The summed E-state index contributed by atoms with van der Waals surface area (Å²) < 4.78 is 11.7. The Morgan fingerprint density at radius 3 is 2.90 bits per heavy atom. The van der Waals surface area contributed by atoms with Gasteiger partial charge in [-0.1, -0.05) is 13.8 Å². The SMILES string of the molecule is COC1(C)CCCN(Cc2cc(C)c(CNC(C)C)o2)C1. The minimum atomic E-state index is -0.0120. The van der Waals surface area contributed by atoms with Crippen molar-refractivity contribution in [3.05, 3.63) is 23.2 Å². The van der Waals surface area contributed by atoms with Gasteiger partial charge in [-0.3, -0.25) is 4.90 Å². The van der Waals surface area contributed by atoms with E-state index in [-0.39, 0.29) is 5.60 Å². The maximum atomic E-state index is 6.02. The largest absolute Gasteiger partial charge is 0.463 e. The summed E-state index contributed by atoms with van der Waals surface area (Å²) in [6.07, 6.45) is 2.33. The smallest absolute Gasteiger partial charge is 0.120 e. The molecule has 2 heterocycles. The predicted octanol–water partition coefficient (Wildman–Crippen LogP) is 3.09. The summed E-state index contributed by atoms with van der Waals surface area (Å²) in [6, 6.07) is 2.65. The number of methoxy groups -OCH3 is 1. The van der Waals surface area contributed by atoms with Crippen molar-refractivity contribution in [1.29, 1.82) is 0 Å². The summed E-state index contributed by atoms with van der Waals surface area (Å²) in [6.45, 7) is 12.4. The van der Waals surface area contributed by atoms with Crippen molar-refractivity contribution >= 4 is 0 Å². The zero-order valence-corrected chi connectivity index (χ0v) is 14.2. The van der Waals surface area contributed by atoms with Gasteiger partial charge in [0.05, 0.1) is 18.7 Å². The van der Waals surface area contributed by atoms with Crippen LogP contribution in [-0.2, 0) is 17.8 Å². The number of nitrogens with zero attached hydrogens (tertiary/aromatic N) is 1. The molecular weight excluding hydrogens is 264 g/mol. The number of rotatable bonds is 6. The van der Waals surface area contributed by atoms with Crippen LogP contribution < -0.4 is 5.32 Å². The molecule has 1 aliphatic rings. The van der Waals surface area contributed by atoms with E-state index in [1.54, 1.807) is 0 Å². The van der Waals surface area contributed by atoms with Gasteiger partial charge in [-0.05, 0) is 44.9 Å². The average Bonchev–Trinajstić information content (AvgIpc) is 2.76. The molecule has 1 atom stereocenters. The molecule has 120 valence electrons. The molecule has 1 unspecified atom stereocenters. The van der Waals surface area contributed by atoms with Crippen molar-refractivity contribution in [2.75, 3.05) is 20.2 Å². The summed E-state index contributed by atoms with van der Waals surface area (Å²) in [7, 11) is 1.82. The molecule has 1 saturated heterocycles. The Bertz CT molecular complexity index is 456. The molecule has 0 aliphatic carbocycles. The van der Waals surface area contributed by atoms with E-state index < -0.39 is 0 Å². The number of hydrogen-bond donors (Lipinski definition) is 1. The number of nitrogens with one attached hydrogen (secondary N) is 1. The molecule has 0 aromatic carbocycles. The number of furan rings is 1. The van der Waals surface area contributed by atoms with Crippen LogP contribution in [0.4, 0.5) is 0 Å². The highest BCUT2D eigenvalue weighted by Gasteiger charge is 2.31. The van der Waals surface area contributed by atoms with Gasteiger partial charge in [0.25, 0.3) is 0 Å². The van der Waals surface area contributed by atoms with Gasteiger partial charge in [-0.15, -0.1) is 0 Å². The van der Waals surface area contributed by atoms with Crippen LogP contribution in [0.25, 0.3) is 0 Å². The van der Waals surface area contributed by atoms with Gasteiger partial charge in [0.2, 0.25) is 0 Å². The van der Waals surface area contributed by atoms with Crippen molar-refractivity contribution in [1.82, 2.24) is 10.2 Å². The second-order valence-corrected chi connectivity index (χ2v) is 6.82. The second-order valence-electron chi connectivity index (χ2n) is 6.82. The molecule has 0 saturated carbocycles. The molecule has 2 rings (SSSR count). The van der Waals surface area contributed by atoms with E-state index >= 15 is 0 Å². The van der Waals surface area contributed by atoms with Crippen LogP contribution in [0, 0.1) is 6.92 Å². The highest BCUT2D eigenvalue weighted by Crippen LogP contribution is 2.26. The van der Waals surface area contributed by atoms with Crippen molar-refractivity contribution in [2.24, 2.45) is 0 Å². The molecule has 1 aliphatic heterocycles. The minimum Gasteiger partial charge on any atom is -0.463 e. The molecule has 1 fully saturated rings. The zero-order valence-electron chi connectivity index (χ0n) is 14.2. The average molecular weight is 294 g/mol. The second kappa shape index (κ2) is 6.95. The first-order valence-corrected chi connectivity index (χ1v) is 8.01. The molecule has 0 amide bonds. The lowest BCUT2D eigenvalue weighted by atomic mass is 9.95. The van der Waals surface area contributed by atoms with Crippen molar-refractivity contribution < 1.29 is 9.15 Å². The monoisotopic (exact) mass is 294 g/mol. The normalized spacial score (nSPS) is 23.9. The third kappa shape index (κ3) is 4.56. The standard InChI is InChI=1S/C17H30N2O2/c1-13(2)18-10-16-14(3)9-15(21-16)11-19-8-6-7-17(4,12-19)20-5/h9,13,18H,6-8,10-12H2,1-5H3. The first kappa shape index (κ1) is 16.5. The summed E-state index contributed by atoms with van der Waals surface area (Å²) in [5, 5.41) is 3.41. The van der Waals surface area contributed by atoms with Crippen LogP contribution in [0.3, 0.4) is 0 Å². The highest BCUT2D eigenvalue weighted by molar-refractivity contribution is 5.20. The van der Waals surface area contributed by atoms with Crippen molar-refractivity contribution in [2.45, 2.75) is 65.3 Å². The lowest BCUT2D eigenvalue weighted by Crippen LogP contribution is -2.46. The Labute approximate surface area is 128 Å². The Kier molecular flexibility index (Phi) is 5.47. The van der Waals surface area contributed by atoms with Crippen LogP contribution in [-0.4, -0.2) is 36.7 Å². The zero-order chi connectivity index (χ0) is 15.5. The molecule has 1 aromatic heterocycles. The summed E-state index contributed by atoms with van der Waals surface area (Å²) in [5.41, 5.74) is 1.23. The fourth-order valence-electron chi connectivity index (χ4n) is 2.97. The molecule has 0 bridgehead atoms. The fourth-order valence-corrected chi connectivity index (χ4v) is 2.97. The minimum absolute atomic E-state index is 0.0120. The van der Waals surface area contributed by atoms with Gasteiger partial charge in [0.15, 0.2) is 0 Å². The third-order valence-electron chi connectivity index (χ3n) is 4.35. The number of likely N-dealkylation sites (tertiary alicyclic amines) is 1. The first-order valence-electron chi connectivity index (χ1n) is 8.01. The molecule has 0 spiro atoms. The number of ether oxygens (including phenoxy) is 1. The molecule has 4 nitrogen and oxygen atoms in total. The summed E-state index contributed by atoms with van der Waals surface area (Å²) in [4.78, 5) is 2.44. The predicted molar refractivity (Wildman–Crippen MR) is 85.3 cm³/mol. The maximum absolute atomic E-state index is 6.02. The van der Waals surface area contributed by atoms with E-state index in [2.05, 4.69) is 44.0 Å². The van der Waals surface area contributed by atoms with Gasteiger partial charge < -0.3 is 14.5 Å². The molecule has 0 radical (unpaired) electrons. The van der Waals surface area contributed by atoms with E-state index in [4.69, 9.17) is 9.15 Å². The Balaban J connectivity index is 1.95. The van der Waals surface area contributed by atoms with Gasteiger partial charge in [0, 0.05) is 19.7 Å². The van der Waals surface area contributed by atoms with E-state index in [1.165, 1.54) is 12.0 Å². The quantitative estimate of drug-likeness (QED) is 0.875. The lowest BCUT2D eigenvalue weighted by Gasteiger charge is -2.39. The van der Waals surface area contributed by atoms with Crippen molar-refractivity contribution in [3.8, 4) is 0 Å². The van der Waals surface area contributed by atoms with Crippen LogP contribution in [0.5, 0.6) is 0 Å². The van der Waals surface area contributed by atoms with Crippen LogP contribution in [0.2, 0.25) is 0 Å². The molecular formula is C17H30N2O2. The molecule has 21 heavy (non-hydrogen) atoms. The first-order chi connectivity index (χ1) is 9.92.